The molecule has 0 aliphatic heterocycles. The van der Waals surface area contributed by atoms with Crippen LogP contribution in [0.4, 0.5) is 0 Å². The van der Waals surface area contributed by atoms with Crippen molar-refractivity contribution in [3.63, 3.8) is 0 Å². The molecule has 4 nitrogen and oxygen atoms in total. The van der Waals surface area contributed by atoms with Crippen LogP contribution in [0.1, 0.15) is 77.6 Å². The smallest absolute Gasteiger partial charge is 0.303 e. The van der Waals surface area contributed by atoms with Crippen molar-refractivity contribution in [3.8, 4) is 0 Å². The summed E-state index contributed by atoms with van der Waals surface area (Å²) in [5, 5.41) is 0. The van der Waals surface area contributed by atoms with Gasteiger partial charge in [0.05, 0.1) is 0 Å². The van der Waals surface area contributed by atoms with Gasteiger partial charge in [-0.1, -0.05) is 76.2 Å². The van der Waals surface area contributed by atoms with Crippen molar-refractivity contribution < 1.29 is 19.1 Å². The van der Waals surface area contributed by atoms with Crippen LogP contribution in [0, 0.1) is 11.8 Å². The molecule has 2 aromatic carbocycles. The summed E-state index contributed by atoms with van der Waals surface area (Å²) in [6.07, 6.45) is 1.63. The minimum Gasteiger partial charge on any atom is -0.450 e. The number of benzene rings is 2. The monoisotopic (exact) mass is 438 g/mol. The fourth-order valence-corrected chi connectivity index (χ4v) is 4.60. The summed E-state index contributed by atoms with van der Waals surface area (Å²) in [6, 6.07) is 15.9. The normalized spacial score (nSPS) is 15.2. The van der Waals surface area contributed by atoms with Crippen molar-refractivity contribution >= 4 is 11.9 Å². The molecule has 0 saturated heterocycles. The summed E-state index contributed by atoms with van der Waals surface area (Å²) in [4.78, 5) is 24.9. The fourth-order valence-electron chi connectivity index (χ4n) is 4.60. The molecule has 0 N–H and O–H groups in total. The molecule has 0 heterocycles. The maximum absolute atomic E-state index is 12.4. The van der Waals surface area contributed by atoms with Gasteiger partial charge in [-0.3, -0.25) is 9.59 Å². The third-order valence-electron chi connectivity index (χ3n) is 5.93. The zero-order valence-corrected chi connectivity index (χ0v) is 20.8. The van der Waals surface area contributed by atoms with Gasteiger partial charge < -0.3 is 9.47 Å². The van der Waals surface area contributed by atoms with E-state index in [2.05, 4.69) is 39.8 Å². The minimum absolute atomic E-state index is 0.408. The first kappa shape index (κ1) is 25.6. The van der Waals surface area contributed by atoms with Gasteiger partial charge >= 0.3 is 11.9 Å². The molecular formula is C28H38O4. The highest BCUT2D eigenvalue weighted by molar-refractivity contribution is 5.69. The Morgan fingerprint density at radius 3 is 1.28 bits per heavy atom. The van der Waals surface area contributed by atoms with Crippen LogP contribution in [0.15, 0.2) is 48.5 Å². The van der Waals surface area contributed by atoms with Gasteiger partial charge in [0.1, 0.15) is 0 Å². The lowest BCUT2D eigenvalue weighted by atomic mass is 9.71. The molecule has 32 heavy (non-hydrogen) atoms. The fraction of sp³-hybridized carbons (Fsp3) is 0.500. The van der Waals surface area contributed by atoms with E-state index in [-0.39, 0.29) is 0 Å². The van der Waals surface area contributed by atoms with Crippen LogP contribution >= 0.6 is 0 Å². The van der Waals surface area contributed by atoms with Gasteiger partial charge in [0.25, 0.3) is 0 Å². The Labute approximate surface area is 193 Å². The molecule has 0 saturated carbocycles. The van der Waals surface area contributed by atoms with Crippen molar-refractivity contribution in [1.82, 2.24) is 0 Å². The number of carbonyl (C=O) groups excluding carboxylic acids is 2. The molecule has 2 rings (SSSR count). The average Bonchev–Trinajstić information content (AvgIpc) is 2.66. The van der Waals surface area contributed by atoms with Crippen molar-refractivity contribution in [1.29, 1.82) is 0 Å². The molecule has 174 valence electrons. The van der Waals surface area contributed by atoms with E-state index >= 15 is 0 Å². The van der Waals surface area contributed by atoms with Crippen LogP contribution < -0.4 is 0 Å². The molecule has 2 aromatic rings. The lowest BCUT2D eigenvalue weighted by Gasteiger charge is -2.46. The van der Waals surface area contributed by atoms with Gasteiger partial charge in [-0.2, -0.15) is 0 Å². The van der Waals surface area contributed by atoms with E-state index in [9.17, 15) is 9.59 Å². The summed E-state index contributed by atoms with van der Waals surface area (Å²) in [5.41, 5.74) is 1.39. The molecule has 0 spiro atoms. The number of hydrogen-bond acceptors (Lipinski definition) is 4. The number of esters is 2. The Morgan fingerprint density at radius 1 is 0.688 bits per heavy atom. The van der Waals surface area contributed by atoms with Gasteiger partial charge in [-0.25, -0.2) is 0 Å². The van der Waals surface area contributed by atoms with E-state index in [1.165, 1.54) is 13.8 Å². The van der Waals surface area contributed by atoms with Crippen molar-refractivity contribution in [2.45, 2.75) is 79.4 Å². The van der Waals surface area contributed by atoms with Gasteiger partial charge in [-0.05, 0) is 49.7 Å². The minimum atomic E-state index is -1.23. The Hall–Kier alpha value is -2.62. The second kappa shape index (κ2) is 10.3. The van der Waals surface area contributed by atoms with Gasteiger partial charge in [0.2, 0.25) is 0 Å². The summed E-state index contributed by atoms with van der Waals surface area (Å²) < 4.78 is 12.2. The number of hydrogen-bond donors (Lipinski definition) is 0. The lowest BCUT2D eigenvalue weighted by molar-refractivity contribution is -0.211. The third kappa shape index (κ3) is 5.59. The molecule has 0 amide bonds. The molecule has 4 heteroatoms. The molecule has 0 aliphatic carbocycles. The zero-order chi connectivity index (χ0) is 24.1. The van der Waals surface area contributed by atoms with Crippen molar-refractivity contribution in [2.24, 2.45) is 11.8 Å². The van der Waals surface area contributed by atoms with Gasteiger partial charge in [0.15, 0.2) is 11.2 Å². The first-order valence-corrected chi connectivity index (χ1v) is 11.5. The largest absolute Gasteiger partial charge is 0.450 e. The molecule has 2 unspecified atom stereocenters. The highest BCUT2D eigenvalue weighted by Crippen LogP contribution is 2.49. The number of ether oxygens (including phenoxy) is 2. The Balaban J connectivity index is 2.87. The van der Waals surface area contributed by atoms with Crippen molar-refractivity contribution in [2.75, 3.05) is 0 Å². The van der Waals surface area contributed by atoms with Crippen LogP contribution in [0.2, 0.25) is 0 Å². The second-order valence-electron chi connectivity index (χ2n) is 9.76. The summed E-state index contributed by atoms with van der Waals surface area (Å²) in [7, 11) is 0. The predicted molar refractivity (Wildman–Crippen MR) is 128 cm³/mol. The number of carbonyl (C=O) groups is 2. The van der Waals surface area contributed by atoms with E-state index in [0.29, 0.717) is 11.8 Å². The van der Waals surface area contributed by atoms with Crippen LogP contribution in [0.5, 0.6) is 0 Å². The zero-order valence-electron chi connectivity index (χ0n) is 20.8. The molecule has 0 aromatic heterocycles. The Kier molecular flexibility index (Phi) is 8.28. The molecule has 2 atom stereocenters. The topological polar surface area (TPSA) is 52.6 Å². The van der Waals surface area contributed by atoms with E-state index in [4.69, 9.17) is 9.47 Å². The highest BCUT2D eigenvalue weighted by atomic mass is 16.6. The predicted octanol–water partition coefficient (Wildman–Crippen LogP) is 6.34. The Morgan fingerprint density at radius 2 is 1.00 bits per heavy atom. The summed E-state index contributed by atoms with van der Waals surface area (Å²) in [6.45, 7) is 15.2. The maximum Gasteiger partial charge on any atom is 0.303 e. The highest BCUT2D eigenvalue weighted by Gasteiger charge is 2.54. The summed E-state index contributed by atoms with van der Waals surface area (Å²) in [5.74, 6) is -0.0324. The van der Waals surface area contributed by atoms with E-state index in [1.807, 2.05) is 50.2 Å². The van der Waals surface area contributed by atoms with E-state index in [0.717, 1.165) is 35.1 Å². The first-order chi connectivity index (χ1) is 14.9. The molecule has 0 bridgehead atoms. The standard InChI is InChI=1S/C28H38O4/c1-19(2)17-23-13-9-11-15-25(23)27(7,31-21(5)29)28(8,32-22(6)30)26-16-12-10-14-24(26)18-20(3)4/h9-16,19-20H,17-18H2,1-8H3. The Bertz CT molecular complexity index is 868. The van der Waals surface area contributed by atoms with Crippen LogP contribution in [-0.4, -0.2) is 11.9 Å². The quantitative estimate of drug-likeness (QED) is 0.429. The third-order valence-corrected chi connectivity index (χ3v) is 5.93. The maximum atomic E-state index is 12.4. The SMILES string of the molecule is CC(=O)OC(C)(c1ccccc1CC(C)C)C(C)(OC(C)=O)c1ccccc1CC(C)C. The van der Waals surface area contributed by atoms with Crippen LogP contribution in [0.25, 0.3) is 0 Å². The lowest BCUT2D eigenvalue weighted by Crippen LogP contribution is -2.51. The molecular weight excluding hydrogens is 400 g/mol. The van der Waals surface area contributed by atoms with Crippen molar-refractivity contribution in [3.05, 3.63) is 70.8 Å². The molecule has 0 fully saturated rings. The molecule has 0 aliphatic rings. The first-order valence-electron chi connectivity index (χ1n) is 11.5. The van der Waals surface area contributed by atoms with Gasteiger partial charge in [-0.15, -0.1) is 0 Å². The second-order valence-corrected chi connectivity index (χ2v) is 9.76. The van der Waals surface area contributed by atoms with E-state index in [1.54, 1.807) is 0 Å². The van der Waals surface area contributed by atoms with E-state index < -0.39 is 23.1 Å². The molecule has 0 radical (unpaired) electrons. The summed E-state index contributed by atoms with van der Waals surface area (Å²) >= 11 is 0. The van der Waals surface area contributed by atoms with Crippen LogP contribution in [0.3, 0.4) is 0 Å². The van der Waals surface area contributed by atoms with Gasteiger partial charge in [0, 0.05) is 25.0 Å². The number of rotatable bonds is 9. The van der Waals surface area contributed by atoms with Crippen LogP contribution in [-0.2, 0) is 43.1 Å². The average molecular weight is 439 g/mol.